The Morgan fingerprint density at radius 3 is 2.65 bits per heavy atom. The maximum atomic E-state index is 13.0. The Kier molecular flexibility index (Phi) is 3.82. The van der Waals surface area contributed by atoms with E-state index in [4.69, 9.17) is 16.7 Å². The molecule has 1 heterocycles. The predicted molar refractivity (Wildman–Crippen MR) is 87.8 cm³/mol. The molecule has 3 rings (SSSR count). The number of halogens is 1. The van der Waals surface area contributed by atoms with Crippen molar-refractivity contribution < 1.29 is 18.3 Å². The molecule has 0 atom stereocenters. The summed E-state index contributed by atoms with van der Waals surface area (Å²) in [4.78, 5) is 11.1. The summed E-state index contributed by atoms with van der Waals surface area (Å²) < 4.78 is 27.3. The lowest BCUT2D eigenvalue weighted by Gasteiger charge is -2.21. The molecule has 23 heavy (non-hydrogen) atoms. The van der Waals surface area contributed by atoms with Crippen molar-refractivity contribution in [3.63, 3.8) is 0 Å². The fraction of sp³-hybridized carbons (Fsp3) is 0.188. The van der Waals surface area contributed by atoms with Crippen molar-refractivity contribution in [3.8, 4) is 0 Å². The van der Waals surface area contributed by atoms with Gasteiger partial charge in [-0.05, 0) is 48.7 Å². The molecule has 0 radical (unpaired) electrons. The van der Waals surface area contributed by atoms with Gasteiger partial charge in [0, 0.05) is 11.6 Å². The highest BCUT2D eigenvalue weighted by molar-refractivity contribution is 7.93. The average molecular weight is 352 g/mol. The number of carboxylic acids is 1. The summed E-state index contributed by atoms with van der Waals surface area (Å²) in [5, 5.41) is 9.56. The van der Waals surface area contributed by atoms with E-state index in [9.17, 15) is 13.2 Å². The summed E-state index contributed by atoms with van der Waals surface area (Å²) in [7, 11) is -3.84. The summed E-state index contributed by atoms with van der Waals surface area (Å²) in [6, 6.07) is 9.27. The Bertz CT molecular complexity index is 908. The van der Waals surface area contributed by atoms with Gasteiger partial charge in [0.05, 0.1) is 16.1 Å². The van der Waals surface area contributed by atoms with Gasteiger partial charge in [-0.25, -0.2) is 13.2 Å². The molecule has 0 saturated carbocycles. The first-order valence-electron chi connectivity index (χ1n) is 6.96. The Hall–Kier alpha value is -2.05. The second-order valence-electron chi connectivity index (χ2n) is 5.39. The summed E-state index contributed by atoms with van der Waals surface area (Å²) in [5.74, 6) is -1.16. The molecule has 2 aromatic carbocycles. The fourth-order valence-corrected chi connectivity index (χ4v) is 4.62. The number of rotatable bonds is 3. The molecular weight excluding hydrogens is 338 g/mol. The van der Waals surface area contributed by atoms with E-state index in [-0.39, 0.29) is 10.5 Å². The molecule has 0 aromatic heterocycles. The van der Waals surface area contributed by atoms with Crippen molar-refractivity contribution in [2.45, 2.75) is 18.2 Å². The molecule has 120 valence electrons. The number of carboxylic acid groups (broad SMARTS) is 1. The van der Waals surface area contributed by atoms with Crippen LogP contribution in [0, 0.1) is 6.92 Å². The van der Waals surface area contributed by atoms with Crippen LogP contribution < -0.4 is 4.31 Å². The largest absolute Gasteiger partial charge is 0.478 e. The van der Waals surface area contributed by atoms with Gasteiger partial charge in [0.1, 0.15) is 0 Å². The third kappa shape index (κ3) is 2.68. The van der Waals surface area contributed by atoms with Crippen LogP contribution in [0.3, 0.4) is 0 Å². The first kappa shape index (κ1) is 15.8. The summed E-state index contributed by atoms with van der Waals surface area (Å²) in [5.41, 5.74) is 1.91. The normalized spacial score (nSPS) is 13.9. The molecule has 0 bridgehead atoms. The van der Waals surface area contributed by atoms with E-state index in [0.29, 0.717) is 29.2 Å². The minimum absolute atomic E-state index is 0.00484. The fourth-order valence-electron chi connectivity index (χ4n) is 2.70. The number of sulfonamides is 1. The van der Waals surface area contributed by atoms with Crippen LogP contribution in [0.5, 0.6) is 0 Å². The molecule has 0 saturated heterocycles. The van der Waals surface area contributed by atoms with Gasteiger partial charge >= 0.3 is 5.97 Å². The topological polar surface area (TPSA) is 74.7 Å². The van der Waals surface area contributed by atoms with Gasteiger partial charge in [-0.3, -0.25) is 4.31 Å². The van der Waals surface area contributed by atoms with E-state index in [1.165, 1.54) is 22.5 Å². The monoisotopic (exact) mass is 351 g/mol. The standard InChI is InChI=1S/C16H14ClNO4S/c1-10-2-3-12(16(19)20)8-15(10)23(21,22)18-7-6-11-4-5-13(17)9-14(11)18/h2-5,8-9H,6-7H2,1H3,(H,19,20). The predicted octanol–water partition coefficient (Wildman–Crippen LogP) is 3.10. The molecule has 0 aliphatic carbocycles. The SMILES string of the molecule is Cc1ccc(C(=O)O)cc1S(=O)(=O)N1CCc2ccc(Cl)cc21. The molecular formula is C16H14ClNO4S. The highest BCUT2D eigenvalue weighted by Crippen LogP contribution is 2.35. The van der Waals surface area contributed by atoms with Crippen LogP contribution >= 0.6 is 11.6 Å². The highest BCUT2D eigenvalue weighted by Gasteiger charge is 2.32. The van der Waals surface area contributed by atoms with Crippen molar-refractivity contribution in [3.05, 3.63) is 58.1 Å². The molecule has 1 aliphatic heterocycles. The van der Waals surface area contributed by atoms with Gasteiger partial charge < -0.3 is 5.11 Å². The lowest BCUT2D eigenvalue weighted by molar-refractivity contribution is 0.0696. The molecule has 1 N–H and O–H groups in total. The van der Waals surface area contributed by atoms with Crippen molar-refractivity contribution in [2.75, 3.05) is 10.8 Å². The van der Waals surface area contributed by atoms with Crippen LogP contribution in [0.15, 0.2) is 41.3 Å². The highest BCUT2D eigenvalue weighted by atomic mass is 35.5. The van der Waals surface area contributed by atoms with E-state index in [1.54, 1.807) is 19.1 Å². The van der Waals surface area contributed by atoms with Crippen molar-refractivity contribution in [1.29, 1.82) is 0 Å². The number of hydrogen-bond acceptors (Lipinski definition) is 3. The summed E-state index contributed by atoms with van der Waals surface area (Å²) in [6.45, 7) is 1.96. The number of benzene rings is 2. The first-order chi connectivity index (χ1) is 10.8. The van der Waals surface area contributed by atoms with Crippen LogP contribution in [0.25, 0.3) is 0 Å². The van der Waals surface area contributed by atoms with E-state index in [1.807, 2.05) is 6.07 Å². The van der Waals surface area contributed by atoms with Gasteiger partial charge in [-0.15, -0.1) is 0 Å². The Morgan fingerprint density at radius 2 is 1.96 bits per heavy atom. The van der Waals surface area contributed by atoms with Crippen LogP contribution in [-0.2, 0) is 16.4 Å². The second-order valence-corrected chi connectivity index (χ2v) is 7.65. The van der Waals surface area contributed by atoms with Gasteiger partial charge in [0.15, 0.2) is 0 Å². The van der Waals surface area contributed by atoms with Gasteiger partial charge in [0.25, 0.3) is 10.0 Å². The molecule has 2 aromatic rings. The number of aromatic carboxylic acids is 1. The maximum Gasteiger partial charge on any atom is 0.335 e. The number of aryl methyl sites for hydroxylation is 1. The van der Waals surface area contributed by atoms with E-state index < -0.39 is 16.0 Å². The molecule has 5 nitrogen and oxygen atoms in total. The first-order valence-corrected chi connectivity index (χ1v) is 8.77. The zero-order valence-corrected chi connectivity index (χ0v) is 13.9. The zero-order chi connectivity index (χ0) is 16.8. The number of fused-ring (bicyclic) bond motifs is 1. The quantitative estimate of drug-likeness (QED) is 0.922. The van der Waals surface area contributed by atoms with Crippen LogP contribution in [0.2, 0.25) is 5.02 Å². The minimum Gasteiger partial charge on any atom is -0.478 e. The minimum atomic E-state index is -3.84. The number of carbonyl (C=O) groups is 1. The third-order valence-corrected chi connectivity index (χ3v) is 6.09. The Balaban J connectivity index is 2.13. The average Bonchev–Trinajstić information content (AvgIpc) is 2.90. The van der Waals surface area contributed by atoms with Crippen LogP contribution in [-0.4, -0.2) is 26.0 Å². The third-order valence-electron chi connectivity index (χ3n) is 3.90. The molecule has 0 fully saturated rings. The lowest BCUT2D eigenvalue weighted by atomic mass is 10.1. The Morgan fingerprint density at radius 1 is 1.22 bits per heavy atom. The smallest absolute Gasteiger partial charge is 0.335 e. The number of anilines is 1. The second kappa shape index (κ2) is 5.54. The van der Waals surface area contributed by atoms with Crippen LogP contribution in [0.4, 0.5) is 5.69 Å². The number of nitrogens with zero attached hydrogens (tertiary/aromatic N) is 1. The molecule has 7 heteroatoms. The van der Waals surface area contributed by atoms with Crippen molar-refractivity contribution >= 4 is 33.3 Å². The van der Waals surface area contributed by atoms with Crippen molar-refractivity contribution in [2.24, 2.45) is 0 Å². The lowest BCUT2D eigenvalue weighted by Crippen LogP contribution is -2.29. The van der Waals surface area contributed by atoms with E-state index >= 15 is 0 Å². The zero-order valence-electron chi connectivity index (χ0n) is 12.3. The van der Waals surface area contributed by atoms with E-state index in [2.05, 4.69) is 0 Å². The molecule has 0 spiro atoms. The molecule has 0 amide bonds. The molecule has 0 unspecified atom stereocenters. The molecule has 1 aliphatic rings. The number of hydrogen-bond donors (Lipinski definition) is 1. The van der Waals surface area contributed by atoms with Gasteiger partial charge in [-0.2, -0.15) is 0 Å². The van der Waals surface area contributed by atoms with E-state index in [0.717, 1.165) is 5.56 Å². The van der Waals surface area contributed by atoms with Crippen LogP contribution in [0.1, 0.15) is 21.5 Å². The summed E-state index contributed by atoms with van der Waals surface area (Å²) >= 11 is 5.98. The maximum absolute atomic E-state index is 13.0. The van der Waals surface area contributed by atoms with Gasteiger partial charge in [-0.1, -0.05) is 23.7 Å². The van der Waals surface area contributed by atoms with Crippen molar-refractivity contribution in [1.82, 2.24) is 0 Å². The summed E-state index contributed by atoms with van der Waals surface area (Å²) in [6.07, 6.45) is 0.601. The Labute approximate surface area is 139 Å². The van der Waals surface area contributed by atoms with Gasteiger partial charge in [0.2, 0.25) is 0 Å².